The summed E-state index contributed by atoms with van der Waals surface area (Å²) in [7, 11) is 0. The van der Waals surface area contributed by atoms with E-state index in [-0.39, 0.29) is 11.8 Å². The number of hydrogen-bond donors (Lipinski definition) is 2. The maximum absolute atomic E-state index is 12.6. The van der Waals surface area contributed by atoms with Crippen LogP contribution in [0.5, 0.6) is 0 Å². The second kappa shape index (κ2) is 5.57. The third kappa shape index (κ3) is 2.56. The molecule has 0 bridgehead atoms. The Labute approximate surface area is 114 Å². The van der Waals surface area contributed by atoms with Crippen molar-refractivity contribution < 1.29 is 4.79 Å². The van der Waals surface area contributed by atoms with Crippen LogP contribution in [0.1, 0.15) is 41.8 Å². The Bertz CT molecular complexity index is 598. The lowest BCUT2D eigenvalue weighted by molar-refractivity contribution is 0.0943. The molecule has 0 saturated heterocycles. The molecule has 2 N–H and O–H groups in total. The molecule has 0 saturated carbocycles. The normalized spacial score (nSPS) is 12.8. The standard InChI is InChI=1S/C16H22N2O/c1-5-14(17-6-2)16(19)13-9-18-15-8-11(4)10(3)7-12(13)15/h7-9,14,17-18H,5-6H2,1-4H3. The van der Waals surface area contributed by atoms with Gasteiger partial charge in [0.25, 0.3) is 0 Å². The number of aromatic nitrogens is 1. The molecule has 1 unspecified atom stereocenters. The van der Waals surface area contributed by atoms with E-state index in [0.717, 1.165) is 29.4 Å². The Balaban J connectivity index is 2.45. The molecule has 0 radical (unpaired) electrons. The van der Waals surface area contributed by atoms with Crippen LogP contribution in [0.4, 0.5) is 0 Å². The van der Waals surface area contributed by atoms with Crippen molar-refractivity contribution in [3.63, 3.8) is 0 Å². The molecule has 0 spiro atoms. The third-order valence-electron chi connectivity index (χ3n) is 3.74. The summed E-state index contributed by atoms with van der Waals surface area (Å²) in [4.78, 5) is 15.8. The third-order valence-corrected chi connectivity index (χ3v) is 3.74. The fraction of sp³-hybridized carbons (Fsp3) is 0.438. The number of carbonyl (C=O) groups is 1. The van der Waals surface area contributed by atoms with E-state index in [1.807, 2.05) is 20.0 Å². The number of benzene rings is 1. The molecule has 2 aromatic rings. The van der Waals surface area contributed by atoms with Gasteiger partial charge in [0.15, 0.2) is 5.78 Å². The fourth-order valence-electron chi connectivity index (χ4n) is 2.45. The predicted octanol–water partition coefficient (Wildman–Crippen LogP) is 3.36. The maximum Gasteiger partial charge on any atom is 0.181 e. The van der Waals surface area contributed by atoms with Crippen LogP contribution in [0.15, 0.2) is 18.3 Å². The Kier molecular flexibility index (Phi) is 4.05. The number of H-pyrrole nitrogens is 1. The van der Waals surface area contributed by atoms with Crippen LogP contribution >= 0.6 is 0 Å². The van der Waals surface area contributed by atoms with Crippen molar-refractivity contribution >= 4 is 16.7 Å². The number of aromatic amines is 1. The number of Topliss-reactive ketones (excluding diaryl/α,β-unsaturated/α-hetero) is 1. The molecule has 1 heterocycles. The lowest BCUT2D eigenvalue weighted by Crippen LogP contribution is -2.35. The monoisotopic (exact) mass is 258 g/mol. The average molecular weight is 258 g/mol. The highest BCUT2D eigenvalue weighted by Crippen LogP contribution is 2.23. The largest absolute Gasteiger partial charge is 0.360 e. The number of likely N-dealkylation sites (N-methyl/N-ethyl adjacent to an activating group) is 1. The zero-order valence-corrected chi connectivity index (χ0v) is 12.1. The first kappa shape index (κ1) is 13.8. The first-order chi connectivity index (χ1) is 9.08. The van der Waals surface area contributed by atoms with E-state index in [2.05, 4.69) is 36.3 Å². The molecule has 3 heteroatoms. The van der Waals surface area contributed by atoms with Crippen molar-refractivity contribution in [3.05, 3.63) is 35.0 Å². The Morgan fingerprint density at radius 2 is 1.95 bits per heavy atom. The number of carbonyl (C=O) groups excluding carboxylic acids is 1. The summed E-state index contributed by atoms with van der Waals surface area (Å²) in [5.41, 5.74) is 4.30. The van der Waals surface area contributed by atoms with E-state index >= 15 is 0 Å². The fourth-order valence-corrected chi connectivity index (χ4v) is 2.45. The van der Waals surface area contributed by atoms with E-state index in [9.17, 15) is 4.79 Å². The average Bonchev–Trinajstić information content (AvgIpc) is 2.78. The van der Waals surface area contributed by atoms with E-state index in [1.54, 1.807) is 0 Å². The molecule has 102 valence electrons. The molecule has 0 amide bonds. The predicted molar refractivity (Wildman–Crippen MR) is 79.9 cm³/mol. The molecular weight excluding hydrogens is 236 g/mol. The Hall–Kier alpha value is -1.61. The Morgan fingerprint density at radius 3 is 2.58 bits per heavy atom. The zero-order valence-electron chi connectivity index (χ0n) is 12.1. The van der Waals surface area contributed by atoms with E-state index in [0.29, 0.717) is 0 Å². The highest BCUT2D eigenvalue weighted by molar-refractivity contribution is 6.10. The van der Waals surface area contributed by atoms with Gasteiger partial charge in [-0.15, -0.1) is 0 Å². The van der Waals surface area contributed by atoms with Gasteiger partial charge in [0.2, 0.25) is 0 Å². The van der Waals surface area contributed by atoms with Gasteiger partial charge in [0.05, 0.1) is 6.04 Å². The minimum absolute atomic E-state index is 0.0920. The zero-order chi connectivity index (χ0) is 14.0. The second-order valence-electron chi connectivity index (χ2n) is 5.07. The molecule has 1 aromatic heterocycles. The molecule has 3 nitrogen and oxygen atoms in total. The topological polar surface area (TPSA) is 44.9 Å². The number of aryl methyl sites for hydroxylation is 2. The molecule has 0 aliphatic rings. The van der Waals surface area contributed by atoms with Crippen LogP contribution in [0, 0.1) is 13.8 Å². The van der Waals surface area contributed by atoms with Crippen LogP contribution in [0.3, 0.4) is 0 Å². The molecule has 0 fully saturated rings. The smallest absolute Gasteiger partial charge is 0.181 e. The van der Waals surface area contributed by atoms with Crippen molar-refractivity contribution in [2.45, 2.75) is 40.2 Å². The summed E-state index contributed by atoms with van der Waals surface area (Å²) < 4.78 is 0. The summed E-state index contributed by atoms with van der Waals surface area (Å²) in [6, 6.07) is 4.12. The number of fused-ring (bicyclic) bond motifs is 1. The SMILES string of the molecule is CCNC(CC)C(=O)c1c[nH]c2cc(C)c(C)cc12. The number of rotatable bonds is 5. The minimum atomic E-state index is -0.0920. The van der Waals surface area contributed by atoms with E-state index in [4.69, 9.17) is 0 Å². The van der Waals surface area contributed by atoms with Gasteiger partial charge < -0.3 is 10.3 Å². The molecule has 1 aromatic carbocycles. The van der Waals surface area contributed by atoms with Crippen LogP contribution in [-0.2, 0) is 0 Å². The first-order valence-corrected chi connectivity index (χ1v) is 6.94. The lowest BCUT2D eigenvalue weighted by atomic mass is 9.99. The molecule has 2 rings (SSSR count). The van der Waals surface area contributed by atoms with Gasteiger partial charge in [0, 0.05) is 22.7 Å². The molecule has 19 heavy (non-hydrogen) atoms. The highest BCUT2D eigenvalue weighted by atomic mass is 16.1. The Morgan fingerprint density at radius 1 is 1.26 bits per heavy atom. The second-order valence-corrected chi connectivity index (χ2v) is 5.07. The first-order valence-electron chi connectivity index (χ1n) is 6.94. The number of ketones is 1. The van der Waals surface area contributed by atoms with Crippen molar-refractivity contribution in [2.24, 2.45) is 0 Å². The van der Waals surface area contributed by atoms with Gasteiger partial charge in [-0.25, -0.2) is 0 Å². The quantitative estimate of drug-likeness (QED) is 0.808. The van der Waals surface area contributed by atoms with E-state index < -0.39 is 0 Å². The molecule has 0 aliphatic carbocycles. The highest BCUT2D eigenvalue weighted by Gasteiger charge is 2.20. The van der Waals surface area contributed by atoms with Gasteiger partial charge in [-0.05, 0) is 50.1 Å². The number of nitrogens with one attached hydrogen (secondary N) is 2. The van der Waals surface area contributed by atoms with E-state index in [1.165, 1.54) is 11.1 Å². The van der Waals surface area contributed by atoms with Gasteiger partial charge in [0.1, 0.15) is 0 Å². The van der Waals surface area contributed by atoms with Crippen LogP contribution < -0.4 is 5.32 Å². The lowest BCUT2D eigenvalue weighted by Gasteiger charge is -2.14. The molecule has 0 aliphatic heterocycles. The summed E-state index contributed by atoms with van der Waals surface area (Å²) in [6.07, 6.45) is 2.65. The summed E-state index contributed by atoms with van der Waals surface area (Å²) in [5, 5.41) is 4.28. The maximum atomic E-state index is 12.6. The van der Waals surface area contributed by atoms with Gasteiger partial charge in [-0.2, -0.15) is 0 Å². The van der Waals surface area contributed by atoms with Crippen LogP contribution in [0.25, 0.3) is 10.9 Å². The summed E-state index contributed by atoms with van der Waals surface area (Å²) in [5.74, 6) is 0.179. The van der Waals surface area contributed by atoms with Crippen LogP contribution in [0.2, 0.25) is 0 Å². The summed E-state index contributed by atoms with van der Waals surface area (Å²) in [6.45, 7) is 9.04. The van der Waals surface area contributed by atoms with Crippen molar-refractivity contribution in [1.29, 1.82) is 0 Å². The number of hydrogen-bond acceptors (Lipinski definition) is 2. The van der Waals surface area contributed by atoms with Gasteiger partial charge >= 0.3 is 0 Å². The molecule has 1 atom stereocenters. The van der Waals surface area contributed by atoms with Gasteiger partial charge in [-0.3, -0.25) is 4.79 Å². The summed E-state index contributed by atoms with van der Waals surface area (Å²) >= 11 is 0. The van der Waals surface area contributed by atoms with Crippen molar-refractivity contribution in [3.8, 4) is 0 Å². The van der Waals surface area contributed by atoms with Crippen LogP contribution in [-0.4, -0.2) is 23.4 Å². The van der Waals surface area contributed by atoms with Crippen molar-refractivity contribution in [1.82, 2.24) is 10.3 Å². The van der Waals surface area contributed by atoms with Gasteiger partial charge in [-0.1, -0.05) is 13.8 Å². The minimum Gasteiger partial charge on any atom is -0.360 e. The van der Waals surface area contributed by atoms with Crippen molar-refractivity contribution in [2.75, 3.05) is 6.54 Å². The molecular formula is C16H22N2O.